The average Bonchev–Trinajstić information content (AvgIpc) is 2.51. The monoisotopic (exact) mass is 256 g/mol. The fourth-order valence-electron chi connectivity index (χ4n) is 2.88. The molecule has 0 saturated carbocycles. The largest absolute Gasteiger partial charge is 0.390 e. The summed E-state index contributed by atoms with van der Waals surface area (Å²) in [7, 11) is 0. The fourth-order valence-corrected chi connectivity index (χ4v) is 2.88. The number of likely N-dealkylation sites (tertiary alicyclic amines) is 1. The Kier molecular flexibility index (Phi) is 6.61. The predicted octanol–water partition coefficient (Wildman–Crippen LogP) is 2.10. The van der Waals surface area contributed by atoms with E-state index in [9.17, 15) is 5.11 Å². The van der Waals surface area contributed by atoms with Crippen LogP contribution in [0.3, 0.4) is 0 Å². The topological polar surface area (TPSA) is 35.5 Å². The van der Waals surface area contributed by atoms with Crippen LogP contribution in [0.25, 0.3) is 0 Å². The molecule has 0 radical (unpaired) electrons. The van der Waals surface area contributed by atoms with Crippen LogP contribution in [-0.4, -0.2) is 48.8 Å². The quantitative estimate of drug-likeness (QED) is 0.791. The number of β-amino-alcohol motifs (C(OH)–C–C–N with tert-alkyl or cyclic N) is 1. The van der Waals surface area contributed by atoms with Crippen molar-refractivity contribution in [1.29, 1.82) is 0 Å². The van der Waals surface area contributed by atoms with E-state index in [0.717, 1.165) is 38.6 Å². The first-order chi connectivity index (χ1) is 8.43. The van der Waals surface area contributed by atoms with Gasteiger partial charge in [-0.05, 0) is 50.2 Å². The van der Waals surface area contributed by atoms with Crippen molar-refractivity contribution in [3.8, 4) is 0 Å². The van der Waals surface area contributed by atoms with E-state index in [2.05, 4.69) is 37.9 Å². The SMILES string of the molecule is CCNCC(O)CN1CCCC(C(C)(C)C)CC1. The molecule has 0 amide bonds. The molecule has 0 bridgehead atoms. The lowest BCUT2D eigenvalue weighted by molar-refractivity contribution is 0.111. The van der Waals surface area contributed by atoms with Gasteiger partial charge in [0.2, 0.25) is 0 Å². The molecule has 1 fully saturated rings. The third-order valence-electron chi connectivity index (χ3n) is 4.14. The van der Waals surface area contributed by atoms with Crippen molar-refractivity contribution in [1.82, 2.24) is 10.2 Å². The Hall–Kier alpha value is -0.120. The molecule has 0 spiro atoms. The number of hydrogen-bond acceptors (Lipinski definition) is 3. The smallest absolute Gasteiger partial charge is 0.0791 e. The molecular weight excluding hydrogens is 224 g/mol. The highest BCUT2D eigenvalue weighted by atomic mass is 16.3. The van der Waals surface area contributed by atoms with E-state index in [1.807, 2.05) is 0 Å². The molecule has 2 atom stereocenters. The van der Waals surface area contributed by atoms with Crippen LogP contribution in [0.5, 0.6) is 0 Å². The minimum atomic E-state index is -0.226. The van der Waals surface area contributed by atoms with E-state index in [1.54, 1.807) is 0 Å². The van der Waals surface area contributed by atoms with Crippen molar-refractivity contribution in [2.75, 3.05) is 32.7 Å². The highest BCUT2D eigenvalue weighted by Crippen LogP contribution is 2.34. The third-order valence-corrected chi connectivity index (χ3v) is 4.14. The molecule has 0 aromatic carbocycles. The van der Waals surface area contributed by atoms with Gasteiger partial charge in [-0.25, -0.2) is 0 Å². The van der Waals surface area contributed by atoms with Gasteiger partial charge in [-0.1, -0.05) is 27.7 Å². The molecule has 18 heavy (non-hydrogen) atoms. The van der Waals surface area contributed by atoms with Crippen molar-refractivity contribution >= 4 is 0 Å². The lowest BCUT2D eigenvalue weighted by Gasteiger charge is -2.30. The molecule has 0 aromatic rings. The zero-order chi connectivity index (χ0) is 13.6. The number of likely N-dealkylation sites (N-methyl/N-ethyl adjacent to an activating group) is 1. The van der Waals surface area contributed by atoms with E-state index in [4.69, 9.17) is 0 Å². The minimum Gasteiger partial charge on any atom is -0.390 e. The van der Waals surface area contributed by atoms with Crippen LogP contribution in [-0.2, 0) is 0 Å². The molecule has 1 heterocycles. The Morgan fingerprint density at radius 2 is 2.00 bits per heavy atom. The highest BCUT2D eigenvalue weighted by molar-refractivity contribution is 4.79. The molecule has 3 heteroatoms. The van der Waals surface area contributed by atoms with Crippen LogP contribution in [0.15, 0.2) is 0 Å². The summed E-state index contributed by atoms with van der Waals surface area (Å²) in [6, 6.07) is 0. The van der Waals surface area contributed by atoms with Crippen molar-refractivity contribution in [3.63, 3.8) is 0 Å². The van der Waals surface area contributed by atoms with Crippen LogP contribution >= 0.6 is 0 Å². The number of nitrogens with zero attached hydrogens (tertiary/aromatic N) is 1. The summed E-state index contributed by atoms with van der Waals surface area (Å²) in [5.41, 5.74) is 0.429. The maximum atomic E-state index is 9.95. The van der Waals surface area contributed by atoms with Crippen LogP contribution in [0.1, 0.15) is 47.0 Å². The van der Waals surface area contributed by atoms with E-state index in [1.165, 1.54) is 19.3 Å². The lowest BCUT2D eigenvalue weighted by Crippen LogP contribution is -2.39. The first-order valence-corrected chi connectivity index (χ1v) is 7.54. The zero-order valence-corrected chi connectivity index (χ0v) is 12.7. The van der Waals surface area contributed by atoms with E-state index < -0.39 is 0 Å². The first-order valence-electron chi connectivity index (χ1n) is 7.54. The second-order valence-electron chi connectivity index (χ2n) is 6.76. The summed E-state index contributed by atoms with van der Waals surface area (Å²) in [6.07, 6.45) is 3.66. The zero-order valence-electron chi connectivity index (χ0n) is 12.7. The highest BCUT2D eigenvalue weighted by Gasteiger charge is 2.27. The predicted molar refractivity (Wildman–Crippen MR) is 77.8 cm³/mol. The lowest BCUT2D eigenvalue weighted by atomic mass is 9.77. The standard InChI is InChI=1S/C15H32N2O/c1-5-16-11-14(18)12-17-9-6-7-13(8-10-17)15(2,3)4/h13-14,16,18H,5-12H2,1-4H3. The van der Waals surface area contributed by atoms with Gasteiger partial charge in [0.25, 0.3) is 0 Å². The second kappa shape index (κ2) is 7.46. The normalized spacial score (nSPS) is 24.8. The van der Waals surface area contributed by atoms with Gasteiger partial charge in [0.05, 0.1) is 6.10 Å². The van der Waals surface area contributed by atoms with E-state index in [0.29, 0.717) is 5.41 Å². The second-order valence-corrected chi connectivity index (χ2v) is 6.76. The maximum Gasteiger partial charge on any atom is 0.0791 e. The van der Waals surface area contributed by atoms with Crippen LogP contribution in [0, 0.1) is 11.3 Å². The summed E-state index contributed by atoms with van der Waals surface area (Å²) in [6.45, 7) is 13.9. The summed E-state index contributed by atoms with van der Waals surface area (Å²) in [5, 5.41) is 13.2. The molecule has 0 aromatic heterocycles. The van der Waals surface area contributed by atoms with Crippen molar-refractivity contribution in [3.05, 3.63) is 0 Å². The number of aliphatic hydroxyl groups is 1. The number of nitrogens with one attached hydrogen (secondary N) is 1. The summed E-state index contributed by atoms with van der Waals surface area (Å²) in [4.78, 5) is 2.44. The van der Waals surface area contributed by atoms with Gasteiger partial charge in [0.1, 0.15) is 0 Å². The summed E-state index contributed by atoms with van der Waals surface area (Å²) in [5.74, 6) is 0.827. The van der Waals surface area contributed by atoms with Gasteiger partial charge in [0.15, 0.2) is 0 Å². The molecule has 2 N–H and O–H groups in total. The number of hydrogen-bond donors (Lipinski definition) is 2. The molecule has 1 aliphatic rings. The number of rotatable bonds is 5. The van der Waals surface area contributed by atoms with E-state index in [-0.39, 0.29) is 6.10 Å². The van der Waals surface area contributed by atoms with Gasteiger partial charge in [-0.15, -0.1) is 0 Å². The van der Waals surface area contributed by atoms with Gasteiger partial charge in [-0.3, -0.25) is 0 Å². The Morgan fingerprint density at radius 3 is 2.61 bits per heavy atom. The molecular formula is C15H32N2O. The van der Waals surface area contributed by atoms with Crippen LogP contribution in [0.4, 0.5) is 0 Å². The first kappa shape index (κ1) is 15.9. The third kappa shape index (κ3) is 5.68. The Bertz CT molecular complexity index is 225. The van der Waals surface area contributed by atoms with Gasteiger partial charge in [0, 0.05) is 13.1 Å². The Morgan fingerprint density at radius 1 is 1.28 bits per heavy atom. The summed E-state index contributed by atoms with van der Waals surface area (Å²) >= 11 is 0. The van der Waals surface area contributed by atoms with Crippen LogP contribution < -0.4 is 5.32 Å². The minimum absolute atomic E-state index is 0.226. The van der Waals surface area contributed by atoms with Crippen molar-refractivity contribution in [2.45, 2.75) is 53.1 Å². The molecule has 1 rings (SSSR count). The molecule has 1 aliphatic heterocycles. The van der Waals surface area contributed by atoms with Crippen LogP contribution in [0.2, 0.25) is 0 Å². The van der Waals surface area contributed by atoms with Gasteiger partial charge in [-0.2, -0.15) is 0 Å². The van der Waals surface area contributed by atoms with Gasteiger partial charge >= 0.3 is 0 Å². The van der Waals surface area contributed by atoms with Crippen molar-refractivity contribution < 1.29 is 5.11 Å². The summed E-state index contributed by atoms with van der Waals surface area (Å²) < 4.78 is 0. The molecule has 3 nitrogen and oxygen atoms in total. The Balaban J connectivity index is 2.33. The average molecular weight is 256 g/mol. The molecule has 1 saturated heterocycles. The molecule has 2 unspecified atom stereocenters. The molecule has 0 aliphatic carbocycles. The number of aliphatic hydroxyl groups excluding tert-OH is 1. The Labute approximate surface area is 113 Å². The van der Waals surface area contributed by atoms with E-state index >= 15 is 0 Å². The maximum absolute atomic E-state index is 9.95. The fraction of sp³-hybridized carbons (Fsp3) is 1.00. The van der Waals surface area contributed by atoms with Gasteiger partial charge < -0.3 is 15.3 Å². The molecule has 108 valence electrons. The van der Waals surface area contributed by atoms with Crippen molar-refractivity contribution in [2.24, 2.45) is 11.3 Å².